The van der Waals surface area contributed by atoms with Gasteiger partial charge in [-0.05, 0) is 12.1 Å². The maximum absolute atomic E-state index is 11.5. The molecule has 8 heteroatoms. The van der Waals surface area contributed by atoms with E-state index < -0.39 is 10.9 Å². The number of nitro benzene ring substituents is 1. The maximum atomic E-state index is 11.5. The minimum atomic E-state index is -0.504. The number of thioether (sulfide) groups is 2. The first-order valence-electron chi connectivity index (χ1n) is 6.42. The van der Waals surface area contributed by atoms with Gasteiger partial charge in [0.2, 0.25) is 0 Å². The highest BCUT2D eigenvalue weighted by Gasteiger charge is 2.19. The number of methoxy groups -OCH3 is 1. The Bertz CT molecular complexity index is 533. The number of carbonyl (C=O) groups is 1. The number of hydrogen-bond acceptors (Lipinski definition) is 7. The van der Waals surface area contributed by atoms with Gasteiger partial charge in [0.05, 0.1) is 17.6 Å². The molecule has 1 unspecified atom stereocenters. The van der Waals surface area contributed by atoms with Gasteiger partial charge < -0.3 is 10.1 Å². The highest BCUT2D eigenvalue weighted by Crippen LogP contribution is 2.28. The molecule has 2 rings (SSSR count). The van der Waals surface area contributed by atoms with Crippen molar-refractivity contribution >= 4 is 40.9 Å². The number of esters is 1. The van der Waals surface area contributed by atoms with Crippen LogP contribution in [-0.2, 0) is 4.74 Å². The maximum Gasteiger partial charge on any atom is 0.337 e. The Morgan fingerprint density at radius 1 is 1.52 bits per heavy atom. The zero-order valence-electron chi connectivity index (χ0n) is 11.5. The number of nitro groups is 1. The average Bonchev–Trinajstić information content (AvgIpc) is 2.52. The lowest BCUT2D eigenvalue weighted by Gasteiger charge is -2.21. The molecule has 0 spiro atoms. The van der Waals surface area contributed by atoms with E-state index in [-0.39, 0.29) is 5.69 Å². The molecule has 1 N–H and O–H groups in total. The zero-order chi connectivity index (χ0) is 15.2. The van der Waals surface area contributed by atoms with Gasteiger partial charge in [-0.2, -0.15) is 23.5 Å². The van der Waals surface area contributed by atoms with Crippen LogP contribution < -0.4 is 5.32 Å². The second-order valence-electron chi connectivity index (χ2n) is 4.43. The van der Waals surface area contributed by atoms with Crippen molar-refractivity contribution in [1.29, 1.82) is 0 Å². The van der Waals surface area contributed by atoms with Crippen LogP contribution in [0.25, 0.3) is 0 Å². The Morgan fingerprint density at radius 3 is 2.95 bits per heavy atom. The van der Waals surface area contributed by atoms with Crippen molar-refractivity contribution in [3.8, 4) is 0 Å². The molecule has 1 aliphatic rings. The van der Waals surface area contributed by atoms with E-state index in [4.69, 9.17) is 0 Å². The summed E-state index contributed by atoms with van der Waals surface area (Å²) in [5, 5.41) is 14.6. The number of carbonyl (C=O) groups excluding carboxylic acids is 1. The highest BCUT2D eigenvalue weighted by atomic mass is 32.2. The van der Waals surface area contributed by atoms with E-state index in [0.717, 1.165) is 17.3 Å². The molecule has 1 aromatic rings. The molecular weight excluding hydrogens is 312 g/mol. The zero-order valence-corrected chi connectivity index (χ0v) is 13.2. The molecule has 0 bridgehead atoms. The van der Waals surface area contributed by atoms with E-state index in [1.165, 1.54) is 25.3 Å². The average molecular weight is 328 g/mol. The monoisotopic (exact) mass is 328 g/mol. The van der Waals surface area contributed by atoms with Gasteiger partial charge in [-0.3, -0.25) is 10.1 Å². The quantitative estimate of drug-likeness (QED) is 0.505. The molecule has 1 aromatic carbocycles. The molecule has 1 saturated heterocycles. The van der Waals surface area contributed by atoms with E-state index in [1.54, 1.807) is 0 Å². The summed E-state index contributed by atoms with van der Waals surface area (Å²) in [6.45, 7) is 0.642. The Balaban J connectivity index is 2.13. The van der Waals surface area contributed by atoms with Crippen LogP contribution in [0.4, 0.5) is 11.4 Å². The van der Waals surface area contributed by atoms with Gasteiger partial charge in [-0.25, -0.2) is 4.79 Å². The summed E-state index contributed by atoms with van der Waals surface area (Å²) in [6.07, 6.45) is 0. The molecule has 0 saturated carbocycles. The first-order valence-corrected chi connectivity index (χ1v) is 8.62. The molecule has 1 atom stereocenters. The largest absolute Gasteiger partial charge is 0.465 e. The van der Waals surface area contributed by atoms with Crippen LogP contribution in [0.2, 0.25) is 0 Å². The van der Waals surface area contributed by atoms with Crippen LogP contribution in [0.3, 0.4) is 0 Å². The molecule has 0 amide bonds. The van der Waals surface area contributed by atoms with Gasteiger partial charge in [0.15, 0.2) is 0 Å². The molecule has 0 radical (unpaired) electrons. The number of nitrogens with one attached hydrogen (secondary N) is 1. The number of hydrogen-bond donors (Lipinski definition) is 1. The van der Waals surface area contributed by atoms with Crippen LogP contribution in [0.5, 0.6) is 0 Å². The van der Waals surface area contributed by atoms with Crippen molar-refractivity contribution in [3.63, 3.8) is 0 Å². The molecule has 0 aromatic heterocycles. The second-order valence-corrected chi connectivity index (χ2v) is 6.99. The summed E-state index contributed by atoms with van der Waals surface area (Å²) < 4.78 is 4.64. The lowest BCUT2D eigenvalue weighted by atomic mass is 10.1. The molecule has 1 aliphatic heterocycles. The molecule has 6 nitrogen and oxygen atoms in total. The van der Waals surface area contributed by atoms with E-state index in [9.17, 15) is 14.9 Å². The Labute approximate surface area is 131 Å². The fourth-order valence-corrected chi connectivity index (χ4v) is 4.57. The van der Waals surface area contributed by atoms with E-state index in [2.05, 4.69) is 10.1 Å². The summed E-state index contributed by atoms with van der Waals surface area (Å²) in [7, 11) is 1.28. The van der Waals surface area contributed by atoms with Crippen molar-refractivity contribution < 1.29 is 14.5 Å². The summed E-state index contributed by atoms with van der Waals surface area (Å²) in [5.41, 5.74) is 0.631. The fraction of sp³-hybridized carbons (Fsp3) is 0.462. The van der Waals surface area contributed by atoms with E-state index in [0.29, 0.717) is 23.0 Å². The third-order valence-electron chi connectivity index (χ3n) is 3.02. The van der Waals surface area contributed by atoms with E-state index >= 15 is 0 Å². The minimum Gasteiger partial charge on any atom is -0.465 e. The predicted molar refractivity (Wildman–Crippen MR) is 86.5 cm³/mol. The standard InChI is InChI=1S/C13H16N2O4S2/c1-19-13(16)9-2-3-12(15(17)18)11(6-9)14-7-10-8-20-4-5-21-10/h2-3,6,10,14H,4-5,7-8H2,1H3. The number of ether oxygens (including phenoxy) is 1. The molecular formula is C13H16N2O4S2. The molecule has 114 valence electrons. The highest BCUT2D eigenvalue weighted by molar-refractivity contribution is 8.06. The van der Waals surface area contributed by atoms with Crippen LogP contribution >= 0.6 is 23.5 Å². The van der Waals surface area contributed by atoms with Crippen molar-refractivity contribution in [1.82, 2.24) is 0 Å². The van der Waals surface area contributed by atoms with Crippen LogP contribution in [0, 0.1) is 10.1 Å². The van der Waals surface area contributed by atoms with Gasteiger partial charge in [-0.15, -0.1) is 0 Å². The van der Waals surface area contributed by atoms with Crippen LogP contribution in [-0.4, -0.2) is 47.1 Å². The number of anilines is 1. The first kappa shape index (κ1) is 16.0. The second kappa shape index (κ2) is 7.56. The van der Waals surface area contributed by atoms with Crippen molar-refractivity contribution in [2.75, 3.05) is 36.2 Å². The Morgan fingerprint density at radius 2 is 2.33 bits per heavy atom. The Hall–Kier alpha value is -1.41. The first-order chi connectivity index (χ1) is 10.1. The SMILES string of the molecule is COC(=O)c1ccc([N+](=O)[O-])c(NCC2CSCCS2)c1. The number of benzene rings is 1. The van der Waals surface area contributed by atoms with Gasteiger partial charge in [0, 0.05) is 35.1 Å². The normalized spacial score (nSPS) is 18.0. The lowest BCUT2D eigenvalue weighted by Crippen LogP contribution is -2.23. The van der Waals surface area contributed by atoms with Crippen molar-refractivity contribution in [3.05, 3.63) is 33.9 Å². The number of nitrogens with zero attached hydrogens (tertiary/aromatic N) is 1. The lowest BCUT2D eigenvalue weighted by molar-refractivity contribution is -0.384. The third-order valence-corrected chi connectivity index (χ3v) is 5.86. The summed E-state index contributed by atoms with van der Waals surface area (Å²) in [5.74, 6) is 2.78. The number of rotatable bonds is 5. The predicted octanol–water partition coefficient (Wildman–Crippen LogP) is 2.64. The van der Waals surface area contributed by atoms with Gasteiger partial charge in [0.1, 0.15) is 5.69 Å². The van der Waals surface area contributed by atoms with E-state index in [1.807, 2.05) is 23.5 Å². The van der Waals surface area contributed by atoms with Crippen molar-refractivity contribution in [2.24, 2.45) is 0 Å². The molecule has 21 heavy (non-hydrogen) atoms. The molecule has 1 fully saturated rings. The Kier molecular flexibility index (Phi) is 5.75. The summed E-state index contributed by atoms with van der Waals surface area (Å²) in [4.78, 5) is 22.1. The van der Waals surface area contributed by atoms with Gasteiger partial charge in [0.25, 0.3) is 5.69 Å². The third kappa shape index (κ3) is 4.28. The minimum absolute atomic E-state index is 0.0314. The van der Waals surface area contributed by atoms with Gasteiger partial charge in [-0.1, -0.05) is 0 Å². The fourth-order valence-electron chi connectivity index (χ4n) is 1.96. The topological polar surface area (TPSA) is 81.5 Å². The smallest absolute Gasteiger partial charge is 0.337 e. The van der Waals surface area contributed by atoms with Crippen LogP contribution in [0.15, 0.2) is 18.2 Å². The molecule has 0 aliphatic carbocycles. The molecule has 1 heterocycles. The summed E-state index contributed by atoms with van der Waals surface area (Å²) in [6, 6.07) is 4.21. The summed E-state index contributed by atoms with van der Waals surface area (Å²) >= 11 is 3.76. The van der Waals surface area contributed by atoms with Gasteiger partial charge >= 0.3 is 5.97 Å². The van der Waals surface area contributed by atoms with Crippen molar-refractivity contribution in [2.45, 2.75) is 5.25 Å². The van der Waals surface area contributed by atoms with Crippen LogP contribution in [0.1, 0.15) is 10.4 Å².